The van der Waals surface area contributed by atoms with Crippen LogP contribution in [0.3, 0.4) is 0 Å². The lowest BCUT2D eigenvalue weighted by Crippen LogP contribution is -2.37. The highest BCUT2D eigenvalue weighted by Gasteiger charge is 2.14. The molecule has 0 N–H and O–H groups in total. The van der Waals surface area contributed by atoms with Gasteiger partial charge in [-0.15, -0.1) is 0 Å². The predicted octanol–water partition coefficient (Wildman–Crippen LogP) is 1.78. The average molecular weight is 245 g/mol. The molecule has 1 aromatic rings. The van der Waals surface area contributed by atoms with Gasteiger partial charge in [0.05, 0.1) is 17.8 Å². The first-order valence-electron chi connectivity index (χ1n) is 5.95. The first kappa shape index (κ1) is 14.0. The van der Waals surface area contributed by atoms with Crippen molar-refractivity contribution in [3.05, 3.63) is 29.3 Å². The van der Waals surface area contributed by atoms with Gasteiger partial charge in [-0.3, -0.25) is 4.79 Å². The highest BCUT2D eigenvalue weighted by molar-refractivity contribution is 5.81. The topological polar surface area (TPSA) is 47.3 Å². The molecule has 1 amide bonds. The van der Waals surface area contributed by atoms with Crippen molar-refractivity contribution >= 4 is 11.6 Å². The molecule has 96 valence electrons. The second-order valence-electron chi connectivity index (χ2n) is 4.43. The number of hydrogen-bond acceptors (Lipinski definition) is 3. The average Bonchev–Trinajstić information content (AvgIpc) is 2.35. The first-order valence-corrected chi connectivity index (χ1v) is 5.95. The Morgan fingerprint density at radius 1 is 1.39 bits per heavy atom. The van der Waals surface area contributed by atoms with Crippen LogP contribution in [-0.4, -0.2) is 38.0 Å². The van der Waals surface area contributed by atoms with Crippen LogP contribution in [0.1, 0.15) is 18.1 Å². The monoisotopic (exact) mass is 245 g/mol. The fraction of sp³-hybridized carbons (Fsp3) is 0.429. The summed E-state index contributed by atoms with van der Waals surface area (Å²) in [5.41, 5.74) is 2.52. The summed E-state index contributed by atoms with van der Waals surface area (Å²) in [5.74, 6) is 0.0299. The SMILES string of the molecule is CCN(CC(=O)N(C)C)c1cc(C)ccc1C#N. The van der Waals surface area contributed by atoms with Gasteiger partial charge >= 0.3 is 0 Å². The number of carbonyl (C=O) groups excluding carboxylic acids is 1. The van der Waals surface area contributed by atoms with Crippen molar-refractivity contribution < 1.29 is 4.79 Å². The molecule has 4 heteroatoms. The number of benzene rings is 1. The van der Waals surface area contributed by atoms with Gasteiger partial charge in [-0.2, -0.15) is 5.26 Å². The van der Waals surface area contributed by atoms with Crippen molar-refractivity contribution in [2.24, 2.45) is 0 Å². The van der Waals surface area contributed by atoms with Crippen LogP contribution in [0.25, 0.3) is 0 Å². The van der Waals surface area contributed by atoms with Gasteiger partial charge in [0.1, 0.15) is 6.07 Å². The lowest BCUT2D eigenvalue weighted by atomic mass is 10.1. The van der Waals surface area contributed by atoms with Crippen LogP contribution in [0.15, 0.2) is 18.2 Å². The normalized spacial score (nSPS) is 9.72. The number of amides is 1. The zero-order chi connectivity index (χ0) is 13.7. The minimum Gasteiger partial charge on any atom is -0.361 e. The Morgan fingerprint density at radius 3 is 2.56 bits per heavy atom. The predicted molar refractivity (Wildman–Crippen MR) is 72.5 cm³/mol. The van der Waals surface area contributed by atoms with E-state index in [0.29, 0.717) is 18.7 Å². The summed E-state index contributed by atoms with van der Waals surface area (Å²) < 4.78 is 0. The summed E-state index contributed by atoms with van der Waals surface area (Å²) in [4.78, 5) is 15.3. The van der Waals surface area contributed by atoms with Crippen LogP contribution in [0.4, 0.5) is 5.69 Å². The van der Waals surface area contributed by atoms with E-state index < -0.39 is 0 Å². The van der Waals surface area contributed by atoms with E-state index in [1.54, 1.807) is 25.1 Å². The smallest absolute Gasteiger partial charge is 0.241 e. The van der Waals surface area contributed by atoms with E-state index in [9.17, 15) is 4.79 Å². The fourth-order valence-electron chi connectivity index (χ4n) is 1.67. The Hall–Kier alpha value is -2.02. The van der Waals surface area contributed by atoms with Gasteiger partial charge in [0.2, 0.25) is 5.91 Å². The Bertz CT molecular complexity index is 474. The third kappa shape index (κ3) is 3.24. The molecule has 0 saturated heterocycles. The lowest BCUT2D eigenvalue weighted by molar-refractivity contribution is -0.127. The zero-order valence-electron chi connectivity index (χ0n) is 11.4. The third-order valence-corrected chi connectivity index (χ3v) is 2.82. The highest BCUT2D eigenvalue weighted by Crippen LogP contribution is 2.21. The van der Waals surface area contributed by atoms with Gasteiger partial charge in [-0.05, 0) is 31.5 Å². The van der Waals surface area contributed by atoms with Gasteiger partial charge in [-0.1, -0.05) is 6.07 Å². The van der Waals surface area contributed by atoms with Crippen molar-refractivity contribution in [1.29, 1.82) is 5.26 Å². The van der Waals surface area contributed by atoms with Crippen LogP contribution in [-0.2, 0) is 4.79 Å². The number of rotatable bonds is 4. The molecule has 18 heavy (non-hydrogen) atoms. The van der Waals surface area contributed by atoms with Crippen LogP contribution in [0.2, 0.25) is 0 Å². The molecule has 0 saturated carbocycles. The fourth-order valence-corrected chi connectivity index (χ4v) is 1.67. The van der Waals surface area contributed by atoms with E-state index in [1.807, 2.05) is 30.9 Å². The van der Waals surface area contributed by atoms with Crippen molar-refractivity contribution in [2.75, 3.05) is 32.1 Å². The Kier molecular flexibility index (Phi) is 4.73. The van der Waals surface area contributed by atoms with E-state index in [2.05, 4.69) is 6.07 Å². The molecule has 4 nitrogen and oxygen atoms in total. The molecule has 0 spiro atoms. The largest absolute Gasteiger partial charge is 0.361 e. The van der Waals surface area contributed by atoms with E-state index in [-0.39, 0.29) is 5.91 Å². The molecular formula is C14H19N3O. The maximum atomic E-state index is 11.8. The summed E-state index contributed by atoms with van der Waals surface area (Å²) in [6.07, 6.45) is 0. The molecule has 0 fully saturated rings. The first-order chi connectivity index (χ1) is 8.49. The van der Waals surface area contributed by atoms with Crippen LogP contribution in [0, 0.1) is 18.3 Å². The molecule has 0 unspecified atom stereocenters. The highest BCUT2D eigenvalue weighted by atomic mass is 16.2. The number of aryl methyl sites for hydroxylation is 1. The van der Waals surface area contributed by atoms with Gasteiger partial charge < -0.3 is 9.80 Å². The molecular weight excluding hydrogens is 226 g/mol. The minimum absolute atomic E-state index is 0.0299. The van der Waals surface area contributed by atoms with Gasteiger partial charge in [0, 0.05) is 20.6 Å². The third-order valence-electron chi connectivity index (χ3n) is 2.82. The van der Waals surface area contributed by atoms with Crippen LogP contribution in [0.5, 0.6) is 0 Å². The van der Waals surface area contributed by atoms with Crippen molar-refractivity contribution in [1.82, 2.24) is 4.90 Å². The molecule has 0 atom stereocenters. The van der Waals surface area contributed by atoms with Crippen LogP contribution < -0.4 is 4.90 Å². The number of nitriles is 1. The van der Waals surface area contributed by atoms with E-state index in [1.165, 1.54) is 0 Å². The Morgan fingerprint density at radius 2 is 2.06 bits per heavy atom. The molecule has 0 aliphatic rings. The lowest BCUT2D eigenvalue weighted by Gasteiger charge is -2.25. The zero-order valence-corrected chi connectivity index (χ0v) is 11.4. The molecule has 0 aromatic heterocycles. The second kappa shape index (κ2) is 6.06. The molecule has 0 heterocycles. The minimum atomic E-state index is 0.0299. The quantitative estimate of drug-likeness (QED) is 0.812. The summed E-state index contributed by atoms with van der Waals surface area (Å²) >= 11 is 0. The number of carbonyl (C=O) groups is 1. The summed E-state index contributed by atoms with van der Waals surface area (Å²) in [6.45, 7) is 4.94. The number of hydrogen-bond donors (Lipinski definition) is 0. The maximum Gasteiger partial charge on any atom is 0.241 e. The molecule has 0 aliphatic carbocycles. The summed E-state index contributed by atoms with van der Waals surface area (Å²) in [7, 11) is 3.47. The number of nitrogens with zero attached hydrogens (tertiary/aromatic N) is 3. The molecule has 0 radical (unpaired) electrons. The number of anilines is 1. The standard InChI is InChI=1S/C14H19N3O/c1-5-17(10-14(18)16(3)4)13-8-11(2)6-7-12(13)9-15/h6-8H,5,10H2,1-4H3. The van der Waals surface area contributed by atoms with Gasteiger partial charge in [-0.25, -0.2) is 0 Å². The van der Waals surface area contributed by atoms with E-state index >= 15 is 0 Å². The molecule has 1 aromatic carbocycles. The summed E-state index contributed by atoms with van der Waals surface area (Å²) in [6, 6.07) is 7.83. The molecule has 0 aliphatic heterocycles. The van der Waals surface area contributed by atoms with Gasteiger partial charge in [0.15, 0.2) is 0 Å². The Balaban J connectivity index is 3.05. The number of likely N-dealkylation sites (N-methyl/N-ethyl adjacent to an activating group) is 2. The van der Waals surface area contributed by atoms with E-state index in [0.717, 1.165) is 11.3 Å². The molecule has 0 bridgehead atoms. The maximum absolute atomic E-state index is 11.8. The van der Waals surface area contributed by atoms with Crippen molar-refractivity contribution in [3.63, 3.8) is 0 Å². The van der Waals surface area contributed by atoms with Crippen molar-refractivity contribution in [3.8, 4) is 6.07 Å². The van der Waals surface area contributed by atoms with Crippen molar-refractivity contribution in [2.45, 2.75) is 13.8 Å². The second-order valence-corrected chi connectivity index (χ2v) is 4.43. The van der Waals surface area contributed by atoms with Gasteiger partial charge in [0.25, 0.3) is 0 Å². The van der Waals surface area contributed by atoms with E-state index in [4.69, 9.17) is 5.26 Å². The summed E-state index contributed by atoms with van der Waals surface area (Å²) in [5, 5.41) is 9.13. The van der Waals surface area contributed by atoms with Crippen LogP contribution >= 0.6 is 0 Å². The Labute approximate surface area is 108 Å². The molecule has 1 rings (SSSR count).